The van der Waals surface area contributed by atoms with Crippen LogP contribution in [0.5, 0.6) is 0 Å². The van der Waals surface area contributed by atoms with Crippen molar-refractivity contribution in [2.24, 2.45) is 47.3 Å². The Kier molecular flexibility index (Phi) is 3.98. The summed E-state index contributed by atoms with van der Waals surface area (Å²) in [7, 11) is 0. The van der Waals surface area contributed by atoms with E-state index in [-0.39, 0.29) is 6.10 Å². The minimum absolute atomic E-state index is 0.0577. The number of rotatable bonds is 5. The van der Waals surface area contributed by atoms with Gasteiger partial charge in [0.2, 0.25) is 0 Å². The molecule has 0 aromatic carbocycles. The van der Waals surface area contributed by atoms with Gasteiger partial charge in [-0.2, -0.15) is 0 Å². The van der Waals surface area contributed by atoms with Crippen molar-refractivity contribution in [3.63, 3.8) is 0 Å². The molecule has 5 saturated carbocycles. The summed E-state index contributed by atoms with van der Waals surface area (Å²) in [5.74, 6) is 8.30. The second kappa shape index (κ2) is 6.02. The quantitative estimate of drug-likeness (QED) is 0.606. The van der Waals surface area contributed by atoms with Crippen LogP contribution in [0.1, 0.15) is 64.2 Å². The second-order valence-electron chi connectivity index (χ2n) is 9.69. The molecule has 0 aliphatic heterocycles. The lowest BCUT2D eigenvalue weighted by molar-refractivity contribution is 0.0274. The summed E-state index contributed by atoms with van der Waals surface area (Å²) in [6.45, 7) is 1.88. The van der Waals surface area contributed by atoms with Gasteiger partial charge >= 0.3 is 0 Å². The van der Waals surface area contributed by atoms with E-state index in [1.54, 1.807) is 25.7 Å². The van der Waals surface area contributed by atoms with Crippen LogP contribution in [0.15, 0.2) is 0 Å². The molecule has 9 atom stereocenters. The Hall–Kier alpha value is -0.0800. The number of hydrogen-bond donors (Lipinski definition) is 1. The Balaban J connectivity index is 1.08. The molecule has 0 heterocycles. The van der Waals surface area contributed by atoms with Crippen molar-refractivity contribution in [2.75, 3.05) is 13.2 Å². The van der Waals surface area contributed by atoms with Gasteiger partial charge in [-0.25, -0.2) is 0 Å². The Morgan fingerprint density at radius 2 is 1.70 bits per heavy atom. The predicted octanol–water partition coefficient (Wildman–Crippen LogP) is 4.26. The monoisotopic (exact) mass is 318 g/mol. The molecule has 5 rings (SSSR count). The molecule has 0 amide bonds. The maximum Gasteiger partial charge on any atom is 0.0543 e. The second-order valence-corrected chi connectivity index (χ2v) is 9.69. The first-order valence-electron chi connectivity index (χ1n) is 10.6. The van der Waals surface area contributed by atoms with E-state index >= 15 is 0 Å². The highest BCUT2D eigenvalue weighted by molar-refractivity contribution is 5.10. The number of ether oxygens (including phenoxy) is 1. The van der Waals surface area contributed by atoms with Gasteiger partial charge in [0.1, 0.15) is 0 Å². The van der Waals surface area contributed by atoms with Gasteiger partial charge in [-0.05, 0) is 105 Å². The highest BCUT2D eigenvalue weighted by Crippen LogP contribution is 2.69. The first-order valence-corrected chi connectivity index (χ1v) is 10.6. The number of aliphatic hydroxyl groups is 1. The van der Waals surface area contributed by atoms with E-state index in [4.69, 9.17) is 4.74 Å². The fraction of sp³-hybridized carbons (Fsp3) is 1.00. The molecule has 23 heavy (non-hydrogen) atoms. The van der Waals surface area contributed by atoms with Crippen molar-refractivity contribution in [3.8, 4) is 0 Å². The lowest BCUT2D eigenvalue weighted by Crippen LogP contribution is -2.33. The summed E-state index contributed by atoms with van der Waals surface area (Å²) in [5, 5.41) is 9.76. The molecule has 4 bridgehead atoms. The molecule has 0 spiro atoms. The van der Waals surface area contributed by atoms with Gasteiger partial charge < -0.3 is 9.84 Å². The summed E-state index contributed by atoms with van der Waals surface area (Å²) in [5.41, 5.74) is 0. The SMILES string of the molecule is OC1CCCC(COCCC2CC3CC2C2C4CCC(C4)C32)C1. The summed E-state index contributed by atoms with van der Waals surface area (Å²) in [6, 6.07) is 0. The third-order valence-corrected chi connectivity index (χ3v) is 8.61. The van der Waals surface area contributed by atoms with Gasteiger partial charge in [-0.3, -0.25) is 0 Å². The van der Waals surface area contributed by atoms with E-state index in [0.29, 0.717) is 5.92 Å². The van der Waals surface area contributed by atoms with E-state index in [1.165, 1.54) is 25.7 Å². The normalized spacial score (nSPS) is 53.9. The van der Waals surface area contributed by atoms with Crippen LogP contribution in [0.3, 0.4) is 0 Å². The Morgan fingerprint density at radius 3 is 2.57 bits per heavy atom. The van der Waals surface area contributed by atoms with Crippen LogP contribution in [0, 0.1) is 47.3 Å². The molecule has 5 fully saturated rings. The van der Waals surface area contributed by atoms with Gasteiger partial charge in [0, 0.05) is 13.2 Å². The van der Waals surface area contributed by atoms with Gasteiger partial charge in [0.15, 0.2) is 0 Å². The topological polar surface area (TPSA) is 29.5 Å². The van der Waals surface area contributed by atoms with Crippen molar-refractivity contribution in [2.45, 2.75) is 70.3 Å². The first kappa shape index (κ1) is 15.2. The molecule has 0 saturated heterocycles. The van der Waals surface area contributed by atoms with Crippen molar-refractivity contribution < 1.29 is 9.84 Å². The third kappa shape index (κ3) is 2.59. The fourth-order valence-electron chi connectivity index (χ4n) is 7.93. The number of fused-ring (bicyclic) bond motifs is 9. The predicted molar refractivity (Wildman–Crippen MR) is 90.9 cm³/mol. The molecule has 130 valence electrons. The molecular weight excluding hydrogens is 284 g/mol. The lowest BCUT2D eigenvalue weighted by atomic mass is 9.67. The summed E-state index contributed by atoms with van der Waals surface area (Å²) in [6.07, 6.45) is 13.5. The van der Waals surface area contributed by atoms with Crippen LogP contribution in [-0.4, -0.2) is 24.4 Å². The van der Waals surface area contributed by atoms with Gasteiger partial charge in [-0.1, -0.05) is 6.42 Å². The van der Waals surface area contributed by atoms with Gasteiger partial charge in [-0.15, -0.1) is 0 Å². The van der Waals surface area contributed by atoms with Crippen LogP contribution in [0.2, 0.25) is 0 Å². The smallest absolute Gasteiger partial charge is 0.0543 e. The standard InChI is InChI=1S/C21H34O2/c22-18-3-1-2-13(8-18)12-23-7-6-14-9-17-11-19(14)21-16-5-4-15(10-16)20(17)21/h13-22H,1-12H2. The largest absolute Gasteiger partial charge is 0.393 e. The lowest BCUT2D eigenvalue weighted by Gasteiger charge is -2.38. The van der Waals surface area contributed by atoms with E-state index in [9.17, 15) is 5.11 Å². The zero-order valence-corrected chi connectivity index (χ0v) is 14.5. The molecular formula is C21H34O2. The van der Waals surface area contributed by atoms with Gasteiger partial charge in [0.05, 0.1) is 6.10 Å². The molecule has 9 unspecified atom stereocenters. The van der Waals surface area contributed by atoms with Crippen LogP contribution in [0.4, 0.5) is 0 Å². The number of aliphatic hydroxyl groups excluding tert-OH is 1. The van der Waals surface area contributed by atoms with Crippen molar-refractivity contribution >= 4 is 0 Å². The third-order valence-electron chi connectivity index (χ3n) is 8.61. The zero-order valence-electron chi connectivity index (χ0n) is 14.5. The van der Waals surface area contributed by atoms with Gasteiger partial charge in [0.25, 0.3) is 0 Å². The number of hydrogen-bond acceptors (Lipinski definition) is 2. The van der Waals surface area contributed by atoms with Crippen LogP contribution in [0.25, 0.3) is 0 Å². The fourth-order valence-corrected chi connectivity index (χ4v) is 7.93. The molecule has 0 aromatic rings. The van der Waals surface area contributed by atoms with E-state index in [0.717, 1.165) is 67.5 Å². The minimum atomic E-state index is -0.0577. The Labute approximate surface area is 141 Å². The minimum Gasteiger partial charge on any atom is -0.393 e. The molecule has 0 aromatic heterocycles. The highest BCUT2D eigenvalue weighted by atomic mass is 16.5. The first-order chi connectivity index (χ1) is 11.3. The molecule has 0 radical (unpaired) electrons. The molecule has 5 aliphatic rings. The maximum absolute atomic E-state index is 9.76. The molecule has 2 nitrogen and oxygen atoms in total. The van der Waals surface area contributed by atoms with E-state index in [1.807, 2.05) is 0 Å². The van der Waals surface area contributed by atoms with Crippen molar-refractivity contribution in [1.82, 2.24) is 0 Å². The summed E-state index contributed by atoms with van der Waals surface area (Å²) >= 11 is 0. The van der Waals surface area contributed by atoms with Crippen LogP contribution < -0.4 is 0 Å². The van der Waals surface area contributed by atoms with Crippen molar-refractivity contribution in [3.05, 3.63) is 0 Å². The average Bonchev–Trinajstić information content (AvgIpc) is 3.29. The molecule has 1 N–H and O–H groups in total. The van der Waals surface area contributed by atoms with E-state index in [2.05, 4.69) is 0 Å². The van der Waals surface area contributed by atoms with E-state index < -0.39 is 0 Å². The van der Waals surface area contributed by atoms with Crippen LogP contribution >= 0.6 is 0 Å². The summed E-state index contributed by atoms with van der Waals surface area (Å²) in [4.78, 5) is 0. The van der Waals surface area contributed by atoms with Crippen molar-refractivity contribution in [1.29, 1.82) is 0 Å². The maximum atomic E-state index is 9.76. The Bertz CT molecular complexity index is 436. The summed E-state index contributed by atoms with van der Waals surface area (Å²) < 4.78 is 6.05. The van der Waals surface area contributed by atoms with Crippen LogP contribution in [-0.2, 0) is 4.74 Å². The Morgan fingerprint density at radius 1 is 0.826 bits per heavy atom. The molecule has 2 heteroatoms. The molecule has 5 aliphatic carbocycles. The zero-order chi connectivity index (χ0) is 15.4. The average molecular weight is 319 g/mol. The highest BCUT2D eigenvalue weighted by Gasteiger charge is 2.61.